The highest BCUT2D eigenvalue weighted by molar-refractivity contribution is 5.91. The van der Waals surface area contributed by atoms with Crippen molar-refractivity contribution in [1.29, 1.82) is 0 Å². The van der Waals surface area contributed by atoms with Gasteiger partial charge in [-0.25, -0.2) is 14.5 Å². The minimum atomic E-state index is 0. The fraction of sp³-hybridized carbons (Fsp3) is 0.136. The first-order chi connectivity index (χ1) is 13.9. The van der Waals surface area contributed by atoms with E-state index in [1.807, 2.05) is 53.4 Å². The van der Waals surface area contributed by atoms with Crippen LogP contribution >= 0.6 is 12.4 Å². The number of nitrogens with zero attached hydrogens (tertiary/aromatic N) is 5. The number of para-hydroxylation sites is 1. The summed E-state index contributed by atoms with van der Waals surface area (Å²) in [6, 6.07) is 20.5. The van der Waals surface area contributed by atoms with Gasteiger partial charge in [0.05, 0.1) is 17.5 Å². The van der Waals surface area contributed by atoms with Crippen LogP contribution in [0.4, 0.5) is 5.82 Å². The lowest BCUT2D eigenvalue weighted by Crippen LogP contribution is -2.08. The number of nitrogens with one attached hydrogen (secondary N) is 1. The van der Waals surface area contributed by atoms with Gasteiger partial charge in [-0.1, -0.05) is 42.5 Å². The number of aromatic nitrogens is 5. The molecule has 1 N–H and O–H groups in total. The maximum absolute atomic E-state index is 4.85. The molecule has 0 radical (unpaired) electrons. The zero-order valence-corrected chi connectivity index (χ0v) is 16.6. The molecule has 29 heavy (non-hydrogen) atoms. The van der Waals surface area contributed by atoms with Gasteiger partial charge < -0.3 is 9.88 Å². The number of fused-ring (bicyclic) bond motifs is 3. The zero-order chi connectivity index (χ0) is 18.8. The standard InChI is InChI=1S/C22H20N6.ClH/c1-2-7-17(8-3-1)19-15-21-25-22(24-11-6-13-27-14-12-23-16-27)18-9-4-5-10-20(18)28(21)26-19;/h1-5,7-10,12,14-16H,6,11,13H2,(H,24,25);1H. The van der Waals surface area contributed by atoms with Gasteiger partial charge in [0.25, 0.3) is 0 Å². The highest BCUT2D eigenvalue weighted by atomic mass is 35.5. The first-order valence-corrected chi connectivity index (χ1v) is 9.42. The fourth-order valence-electron chi connectivity index (χ4n) is 3.43. The van der Waals surface area contributed by atoms with Gasteiger partial charge >= 0.3 is 0 Å². The number of benzene rings is 2. The molecule has 3 aromatic heterocycles. The zero-order valence-electron chi connectivity index (χ0n) is 15.8. The first kappa shape index (κ1) is 19.0. The normalized spacial score (nSPS) is 10.9. The van der Waals surface area contributed by atoms with E-state index in [0.29, 0.717) is 0 Å². The number of rotatable bonds is 6. The maximum Gasteiger partial charge on any atom is 0.158 e. The number of imidazole rings is 1. The van der Waals surface area contributed by atoms with Gasteiger partial charge in [0.2, 0.25) is 0 Å². The molecule has 2 aromatic carbocycles. The molecule has 0 aliphatic rings. The summed E-state index contributed by atoms with van der Waals surface area (Å²) in [7, 11) is 0. The van der Waals surface area contributed by atoms with Gasteiger partial charge in [0.15, 0.2) is 5.65 Å². The van der Waals surface area contributed by atoms with Crippen LogP contribution in [0.3, 0.4) is 0 Å². The lowest BCUT2D eigenvalue weighted by atomic mass is 10.2. The van der Waals surface area contributed by atoms with Crippen molar-refractivity contribution in [3.8, 4) is 11.3 Å². The molecule has 0 bridgehead atoms. The summed E-state index contributed by atoms with van der Waals surface area (Å²) in [6.07, 6.45) is 6.63. The molecular formula is C22H21ClN6. The van der Waals surface area contributed by atoms with Crippen LogP contribution in [0.15, 0.2) is 79.4 Å². The van der Waals surface area contributed by atoms with E-state index in [9.17, 15) is 0 Å². The van der Waals surface area contributed by atoms with Gasteiger partial charge in [0, 0.05) is 42.5 Å². The van der Waals surface area contributed by atoms with Crippen molar-refractivity contribution in [2.45, 2.75) is 13.0 Å². The van der Waals surface area contributed by atoms with E-state index in [2.05, 4.69) is 39.1 Å². The summed E-state index contributed by atoms with van der Waals surface area (Å²) < 4.78 is 4.01. The molecule has 0 saturated heterocycles. The average Bonchev–Trinajstić information content (AvgIpc) is 3.42. The molecule has 0 atom stereocenters. The Morgan fingerprint density at radius 2 is 1.79 bits per heavy atom. The van der Waals surface area contributed by atoms with Crippen LogP contribution in [0.5, 0.6) is 0 Å². The van der Waals surface area contributed by atoms with Gasteiger partial charge in [-0.3, -0.25) is 0 Å². The van der Waals surface area contributed by atoms with Crippen molar-refractivity contribution in [3.05, 3.63) is 79.4 Å². The molecule has 0 fully saturated rings. The van der Waals surface area contributed by atoms with Gasteiger partial charge in [-0.2, -0.15) is 5.10 Å². The Balaban J connectivity index is 0.00000205. The minimum Gasteiger partial charge on any atom is -0.369 e. The van der Waals surface area contributed by atoms with E-state index in [1.54, 1.807) is 6.20 Å². The van der Waals surface area contributed by atoms with Crippen LogP contribution in [0, 0.1) is 0 Å². The molecule has 0 saturated carbocycles. The van der Waals surface area contributed by atoms with Crippen molar-refractivity contribution < 1.29 is 0 Å². The van der Waals surface area contributed by atoms with E-state index in [4.69, 9.17) is 10.1 Å². The maximum atomic E-state index is 4.85. The van der Waals surface area contributed by atoms with E-state index >= 15 is 0 Å². The number of hydrogen-bond donors (Lipinski definition) is 1. The fourth-order valence-corrected chi connectivity index (χ4v) is 3.43. The van der Waals surface area contributed by atoms with E-state index < -0.39 is 0 Å². The molecule has 6 nitrogen and oxygen atoms in total. The molecule has 7 heteroatoms. The topological polar surface area (TPSA) is 60.0 Å². The van der Waals surface area contributed by atoms with Gasteiger partial charge in [-0.05, 0) is 18.6 Å². The summed E-state index contributed by atoms with van der Waals surface area (Å²) in [4.78, 5) is 8.94. The largest absolute Gasteiger partial charge is 0.369 e. The van der Waals surface area contributed by atoms with Crippen LogP contribution in [-0.2, 0) is 6.54 Å². The Morgan fingerprint density at radius 1 is 0.966 bits per heavy atom. The molecule has 0 aliphatic carbocycles. The minimum absolute atomic E-state index is 0. The van der Waals surface area contributed by atoms with Crippen molar-refractivity contribution in [1.82, 2.24) is 24.1 Å². The van der Waals surface area contributed by atoms with E-state index in [0.717, 1.165) is 53.1 Å². The molecule has 0 aliphatic heterocycles. The second-order valence-corrected chi connectivity index (χ2v) is 6.72. The van der Waals surface area contributed by atoms with Crippen molar-refractivity contribution >= 4 is 34.8 Å². The number of aryl methyl sites for hydroxylation is 1. The SMILES string of the molecule is Cl.c1ccc(-c2cc3nc(NCCCn4ccnc4)c4ccccc4n3n2)cc1. The third-order valence-corrected chi connectivity index (χ3v) is 4.82. The summed E-state index contributed by atoms with van der Waals surface area (Å²) in [5.41, 5.74) is 3.91. The summed E-state index contributed by atoms with van der Waals surface area (Å²) in [5, 5.41) is 9.37. The third kappa shape index (κ3) is 3.79. The lowest BCUT2D eigenvalue weighted by Gasteiger charge is -2.10. The lowest BCUT2D eigenvalue weighted by molar-refractivity contribution is 0.660. The predicted molar refractivity (Wildman–Crippen MR) is 119 cm³/mol. The van der Waals surface area contributed by atoms with Crippen LogP contribution in [-0.4, -0.2) is 30.7 Å². The van der Waals surface area contributed by atoms with E-state index in [-0.39, 0.29) is 12.4 Å². The molecule has 146 valence electrons. The summed E-state index contributed by atoms with van der Waals surface area (Å²) in [6.45, 7) is 1.77. The Morgan fingerprint density at radius 3 is 2.62 bits per heavy atom. The Hall–Kier alpha value is -3.38. The Bertz CT molecular complexity index is 1210. The molecular weight excluding hydrogens is 384 g/mol. The second-order valence-electron chi connectivity index (χ2n) is 6.72. The highest BCUT2D eigenvalue weighted by Gasteiger charge is 2.11. The molecule has 3 heterocycles. The smallest absolute Gasteiger partial charge is 0.158 e. The molecule has 0 unspecified atom stereocenters. The quantitative estimate of drug-likeness (QED) is 0.418. The monoisotopic (exact) mass is 404 g/mol. The molecule has 5 rings (SSSR count). The van der Waals surface area contributed by atoms with E-state index in [1.165, 1.54) is 0 Å². The Kier molecular flexibility index (Phi) is 5.44. The summed E-state index contributed by atoms with van der Waals surface area (Å²) in [5.74, 6) is 0.897. The van der Waals surface area contributed by atoms with Gasteiger partial charge in [0.1, 0.15) is 5.82 Å². The second kappa shape index (κ2) is 8.32. The van der Waals surface area contributed by atoms with Crippen LogP contribution in [0.2, 0.25) is 0 Å². The molecule has 0 amide bonds. The van der Waals surface area contributed by atoms with Crippen LogP contribution < -0.4 is 5.32 Å². The molecule has 0 spiro atoms. The number of anilines is 1. The summed E-state index contributed by atoms with van der Waals surface area (Å²) >= 11 is 0. The molecule has 5 aromatic rings. The Labute approximate surface area is 174 Å². The van der Waals surface area contributed by atoms with Crippen LogP contribution in [0.25, 0.3) is 27.8 Å². The predicted octanol–water partition coefficient (Wildman–Crippen LogP) is 4.67. The first-order valence-electron chi connectivity index (χ1n) is 9.42. The van der Waals surface area contributed by atoms with Gasteiger partial charge in [-0.15, -0.1) is 12.4 Å². The third-order valence-electron chi connectivity index (χ3n) is 4.82. The highest BCUT2D eigenvalue weighted by Crippen LogP contribution is 2.26. The van der Waals surface area contributed by atoms with Crippen molar-refractivity contribution in [2.75, 3.05) is 11.9 Å². The average molecular weight is 405 g/mol. The number of halogens is 1. The van der Waals surface area contributed by atoms with Crippen molar-refractivity contribution in [3.63, 3.8) is 0 Å². The van der Waals surface area contributed by atoms with Crippen molar-refractivity contribution in [2.24, 2.45) is 0 Å². The van der Waals surface area contributed by atoms with Crippen LogP contribution in [0.1, 0.15) is 6.42 Å². The number of hydrogen-bond acceptors (Lipinski definition) is 4.